The molecule has 5 nitrogen and oxygen atoms in total. The first-order valence-electron chi connectivity index (χ1n) is 9.50. The summed E-state index contributed by atoms with van der Waals surface area (Å²) in [6.07, 6.45) is -0.976. The summed E-state index contributed by atoms with van der Waals surface area (Å²) in [5.74, 6) is -1.29. The van der Waals surface area contributed by atoms with Gasteiger partial charge in [-0.3, -0.25) is 0 Å². The Morgan fingerprint density at radius 3 is 2.00 bits per heavy atom. The van der Waals surface area contributed by atoms with E-state index in [1.807, 2.05) is 42.5 Å². The van der Waals surface area contributed by atoms with Gasteiger partial charge in [-0.1, -0.05) is 78.9 Å². The fraction of sp³-hybridized carbons (Fsp3) is 0.167. The Labute approximate surface area is 169 Å². The molecule has 0 fully saturated rings. The quantitative estimate of drug-likeness (QED) is 0.704. The first kappa shape index (κ1) is 18.7. The maximum absolute atomic E-state index is 12.4. The van der Waals surface area contributed by atoms with Crippen molar-refractivity contribution in [2.24, 2.45) is 0 Å². The molecule has 0 unspecified atom stereocenters. The second-order valence-corrected chi connectivity index (χ2v) is 7.01. The molecule has 0 saturated carbocycles. The zero-order valence-electron chi connectivity index (χ0n) is 15.7. The summed E-state index contributed by atoms with van der Waals surface area (Å²) in [7, 11) is 0. The van der Waals surface area contributed by atoms with Gasteiger partial charge in [0.2, 0.25) is 0 Å². The molecule has 1 N–H and O–H groups in total. The Morgan fingerprint density at radius 2 is 1.41 bits per heavy atom. The third-order valence-corrected chi connectivity index (χ3v) is 5.21. The number of hydrogen-bond acceptors (Lipinski definition) is 4. The lowest BCUT2D eigenvalue weighted by Crippen LogP contribution is -2.35. The zero-order chi connectivity index (χ0) is 20.2. The molecule has 3 aromatic rings. The highest BCUT2D eigenvalue weighted by atomic mass is 16.5. The number of rotatable bonds is 6. The minimum atomic E-state index is -1.24. The van der Waals surface area contributed by atoms with Crippen molar-refractivity contribution in [2.45, 2.75) is 18.4 Å². The third-order valence-electron chi connectivity index (χ3n) is 5.21. The molecular weight excluding hydrogens is 366 g/mol. The van der Waals surface area contributed by atoms with Crippen LogP contribution in [0.25, 0.3) is 11.1 Å². The molecule has 0 aliphatic heterocycles. The van der Waals surface area contributed by atoms with E-state index in [1.54, 1.807) is 24.3 Å². The molecule has 29 heavy (non-hydrogen) atoms. The van der Waals surface area contributed by atoms with Crippen molar-refractivity contribution in [2.75, 3.05) is 6.61 Å². The maximum atomic E-state index is 12.4. The minimum absolute atomic E-state index is 0.0514. The number of aliphatic carboxylic acids is 1. The number of carboxylic acid groups (broad SMARTS) is 1. The summed E-state index contributed by atoms with van der Waals surface area (Å²) in [4.78, 5) is 23.5. The van der Waals surface area contributed by atoms with Gasteiger partial charge in [0.15, 0.2) is 0 Å². The van der Waals surface area contributed by atoms with Gasteiger partial charge in [-0.2, -0.15) is 0 Å². The van der Waals surface area contributed by atoms with Crippen molar-refractivity contribution >= 4 is 12.1 Å². The van der Waals surface area contributed by atoms with Crippen molar-refractivity contribution in [3.8, 4) is 11.1 Å². The smallest absolute Gasteiger partial charge is 0.407 e. The van der Waals surface area contributed by atoms with E-state index in [1.165, 1.54) is 0 Å². The Hall–Kier alpha value is -3.60. The van der Waals surface area contributed by atoms with E-state index in [0.29, 0.717) is 5.56 Å². The summed E-state index contributed by atoms with van der Waals surface area (Å²) in [5.41, 5.74) is 5.23. The van der Waals surface area contributed by atoms with Crippen LogP contribution >= 0.6 is 0 Å². The van der Waals surface area contributed by atoms with Crippen LogP contribution in [0.3, 0.4) is 0 Å². The topological polar surface area (TPSA) is 78.5 Å². The lowest BCUT2D eigenvalue weighted by molar-refractivity contribution is -0.306. The highest BCUT2D eigenvalue weighted by molar-refractivity contribution is 5.79. The van der Waals surface area contributed by atoms with E-state index in [9.17, 15) is 14.7 Å². The molecule has 0 heterocycles. The number of ether oxygens (including phenoxy) is 1. The largest absolute Gasteiger partial charge is 0.550 e. The summed E-state index contributed by atoms with van der Waals surface area (Å²) in [6, 6.07) is 24.4. The molecule has 1 aliphatic rings. The van der Waals surface area contributed by atoms with Crippen LogP contribution < -0.4 is 10.4 Å². The number of carboxylic acids is 1. The van der Waals surface area contributed by atoms with Crippen LogP contribution in [-0.2, 0) is 9.53 Å². The molecule has 146 valence electrons. The molecule has 0 aromatic heterocycles. The minimum Gasteiger partial charge on any atom is -0.550 e. The monoisotopic (exact) mass is 386 g/mol. The highest BCUT2D eigenvalue weighted by Crippen LogP contribution is 2.44. The van der Waals surface area contributed by atoms with Crippen molar-refractivity contribution in [1.82, 2.24) is 5.32 Å². The van der Waals surface area contributed by atoms with Crippen molar-refractivity contribution in [3.63, 3.8) is 0 Å². The average Bonchev–Trinajstić information content (AvgIpc) is 3.06. The fourth-order valence-corrected chi connectivity index (χ4v) is 3.89. The third kappa shape index (κ3) is 3.99. The Kier molecular flexibility index (Phi) is 5.29. The Morgan fingerprint density at radius 1 is 0.862 bits per heavy atom. The van der Waals surface area contributed by atoms with Crippen LogP contribution in [0.15, 0.2) is 78.9 Å². The molecule has 3 aromatic carbocycles. The lowest BCUT2D eigenvalue weighted by atomic mass is 9.98. The van der Waals surface area contributed by atoms with E-state index in [2.05, 4.69) is 17.4 Å². The van der Waals surface area contributed by atoms with Crippen molar-refractivity contribution < 1.29 is 19.4 Å². The van der Waals surface area contributed by atoms with E-state index >= 15 is 0 Å². The molecule has 0 saturated heterocycles. The van der Waals surface area contributed by atoms with E-state index in [0.717, 1.165) is 22.3 Å². The van der Waals surface area contributed by atoms with Crippen molar-refractivity contribution in [1.29, 1.82) is 0 Å². The summed E-state index contributed by atoms with van der Waals surface area (Å²) < 4.78 is 5.51. The number of hydrogen-bond donors (Lipinski definition) is 1. The number of benzene rings is 3. The number of alkyl carbamates (subject to hydrolysis) is 1. The van der Waals surface area contributed by atoms with Gasteiger partial charge in [0.1, 0.15) is 6.61 Å². The zero-order valence-corrected chi connectivity index (χ0v) is 15.7. The van der Waals surface area contributed by atoms with E-state index in [4.69, 9.17) is 4.74 Å². The van der Waals surface area contributed by atoms with Gasteiger partial charge in [0, 0.05) is 18.3 Å². The predicted octanol–water partition coefficient (Wildman–Crippen LogP) is 3.41. The van der Waals surface area contributed by atoms with Gasteiger partial charge >= 0.3 is 6.09 Å². The molecule has 0 radical (unpaired) electrons. The molecule has 5 heteroatoms. The number of fused-ring (bicyclic) bond motifs is 3. The first-order valence-corrected chi connectivity index (χ1v) is 9.50. The average molecular weight is 386 g/mol. The fourth-order valence-electron chi connectivity index (χ4n) is 3.89. The van der Waals surface area contributed by atoms with Crippen LogP contribution in [0.5, 0.6) is 0 Å². The number of nitrogens with one attached hydrogen (secondary N) is 1. The molecule has 4 rings (SSSR count). The maximum Gasteiger partial charge on any atom is 0.407 e. The normalized spacial score (nSPS) is 13.2. The van der Waals surface area contributed by atoms with Gasteiger partial charge in [0.25, 0.3) is 0 Å². The SMILES string of the molecule is O=C([O-])C[C@@H](NC(=O)OCC1c2ccccc2-c2ccccc21)c1ccccc1. The molecule has 1 aliphatic carbocycles. The lowest BCUT2D eigenvalue weighted by Gasteiger charge is -2.21. The molecular formula is C24H20NO4-. The summed E-state index contributed by atoms with van der Waals surface area (Å²) >= 11 is 0. The van der Waals surface area contributed by atoms with Gasteiger partial charge in [-0.15, -0.1) is 0 Å². The van der Waals surface area contributed by atoms with Crippen molar-refractivity contribution in [3.05, 3.63) is 95.6 Å². The van der Waals surface area contributed by atoms with Gasteiger partial charge in [0.05, 0.1) is 6.04 Å². The van der Waals surface area contributed by atoms with E-state index in [-0.39, 0.29) is 18.9 Å². The second kappa shape index (κ2) is 8.19. The number of carbonyl (C=O) groups excluding carboxylic acids is 2. The van der Waals surface area contributed by atoms with Gasteiger partial charge in [-0.25, -0.2) is 4.79 Å². The standard InChI is InChI=1S/C24H21NO4/c26-23(27)14-22(16-8-2-1-3-9-16)25-24(28)29-15-21-19-12-6-4-10-17(19)18-11-5-7-13-20(18)21/h1-13,21-22H,14-15H2,(H,25,28)(H,26,27)/p-1/t22-/m1/s1. The van der Waals surface area contributed by atoms with E-state index < -0.39 is 18.1 Å². The predicted molar refractivity (Wildman–Crippen MR) is 107 cm³/mol. The molecule has 0 spiro atoms. The van der Waals surface area contributed by atoms with Crippen LogP contribution in [0.2, 0.25) is 0 Å². The second-order valence-electron chi connectivity index (χ2n) is 7.01. The van der Waals surface area contributed by atoms with Crippen LogP contribution in [0.4, 0.5) is 4.79 Å². The summed E-state index contributed by atoms with van der Waals surface area (Å²) in [6.45, 7) is 0.173. The van der Waals surface area contributed by atoms with Crippen LogP contribution in [0.1, 0.15) is 35.1 Å². The Bertz CT molecular complexity index is 986. The van der Waals surface area contributed by atoms with Gasteiger partial charge < -0.3 is 20.0 Å². The van der Waals surface area contributed by atoms with Crippen LogP contribution in [0, 0.1) is 0 Å². The highest BCUT2D eigenvalue weighted by Gasteiger charge is 2.29. The number of amides is 1. The Balaban J connectivity index is 1.47. The number of carbonyl (C=O) groups is 2. The molecule has 1 atom stereocenters. The molecule has 1 amide bonds. The van der Waals surface area contributed by atoms with Gasteiger partial charge in [-0.05, 0) is 27.8 Å². The molecule has 0 bridgehead atoms. The van der Waals surface area contributed by atoms with Crippen LogP contribution in [-0.4, -0.2) is 18.7 Å². The first-order chi connectivity index (χ1) is 14.1. The summed E-state index contributed by atoms with van der Waals surface area (Å²) in [5, 5.41) is 13.8.